The molecule has 0 radical (unpaired) electrons. The van der Waals surface area contributed by atoms with Gasteiger partial charge in [-0.25, -0.2) is 4.79 Å². The van der Waals surface area contributed by atoms with Crippen molar-refractivity contribution in [2.24, 2.45) is 0 Å². The van der Waals surface area contributed by atoms with Crippen molar-refractivity contribution < 1.29 is 14.3 Å². The maximum atomic E-state index is 12.2. The van der Waals surface area contributed by atoms with E-state index in [9.17, 15) is 4.79 Å². The van der Waals surface area contributed by atoms with Crippen LogP contribution in [0.15, 0.2) is 35.7 Å². The van der Waals surface area contributed by atoms with Gasteiger partial charge in [-0.1, -0.05) is 24.3 Å². The van der Waals surface area contributed by atoms with Crippen LogP contribution in [0.2, 0.25) is 0 Å². The lowest BCUT2D eigenvalue weighted by Crippen LogP contribution is -2.38. The van der Waals surface area contributed by atoms with Crippen LogP contribution in [0.3, 0.4) is 0 Å². The second kappa shape index (κ2) is 7.51. The van der Waals surface area contributed by atoms with Crippen molar-refractivity contribution >= 4 is 5.97 Å². The lowest BCUT2D eigenvalue weighted by molar-refractivity contribution is -0.138. The Morgan fingerprint density at radius 3 is 2.57 bits per heavy atom. The Bertz CT molecular complexity index is 598. The van der Waals surface area contributed by atoms with Crippen LogP contribution in [-0.4, -0.2) is 30.3 Å². The maximum Gasteiger partial charge on any atom is 0.356 e. The Kier molecular flexibility index (Phi) is 5.66. The minimum absolute atomic E-state index is 0.142. The number of ether oxygens (including phenoxy) is 2. The molecule has 5 heteroatoms. The van der Waals surface area contributed by atoms with Crippen molar-refractivity contribution in [3.63, 3.8) is 0 Å². The first-order valence-corrected chi connectivity index (χ1v) is 8.11. The highest BCUT2D eigenvalue weighted by Gasteiger charge is 2.37. The molecule has 0 bridgehead atoms. The van der Waals surface area contributed by atoms with Crippen LogP contribution in [0, 0.1) is 6.92 Å². The molecule has 0 saturated carbocycles. The Morgan fingerprint density at radius 1 is 1.26 bits per heavy atom. The molecule has 0 aromatic heterocycles. The molecule has 5 nitrogen and oxygen atoms in total. The normalized spacial score (nSPS) is 18.8. The predicted octanol–water partition coefficient (Wildman–Crippen LogP) is 3.08. The molecule has 126 valence electrons. The van der Waals surface area contributed by atoms with Crippen LogP contribution < -0.4 is 5.32 Å². The van der Waals surface area contributed by atoms with E-state index in [-0.39, 0.29) is 18.4 Å². The van der Waals surface area contributed by atoms with Crippen molar-refractivity contribution in [1.82, 2.24) is 10.2 Å². The second-order valence-corrected chi connectivity index (χ2v) is 5.55. The second-order valence-electron chi connectivity index (χ2n) is 5.55. The van der Waals surface area contributed by atoms with E-state index in [4.69, 9.17) is 9.47 Å². The fraction of sp³-hybridized carbons (Fsp3) is 0.500. The number of benzene rings is 1. The van der Waals surface area contributed by atoms with E-state index in [1.165, 1.54) is 0 Å². The van der Waals surface area contributed by atoms with Gasteiger partial charge in [0, 0.05) is 12.3 Å². The average Bonchev–Trinajstić information content (AvgIpc) is 2.85. The summed E-state index contributed by atoms with van der Waals surface area (Å²) < 4.78 is 10.9. The fourth-order valence-electron chi connectivity index (χ4n) is 2.97. The van der Waals surface area contributed by atoms with E-state index in [1.54, 1.807) is 0 Å². The van der Waals surface area contributed by atoms with E-state index in [1.807, 2.05) is 39.8 Å². The SMILES string of the molecule is CCOC(=O)C1=C(C)N(C(C)OCC)C(c2ccccc2C)N1. The van der Waals surface area contributed by atoms with Gasteiger partial charge in [0.05, 0.1) is 6.61 Å². The van der Waals surface area contributed by atoms with Gasteiger partial charge in [0.15, 0.2) is 0 Å². The van der Waals surface area contributed by atoms with Gasteiger partial charge in [0.2, 0.25) is 0 Å². The van der Waals surface area contributed by atoms with Gasteiger partial charge < -0.3 is 19.7 Å². The van der Waals surface area contributed by atoms with Crippen LogP contribution in [0.1, 0.15) is 45.0 Å². The molecule has 2 rings (SSSR count). The van der Waals surface area contributed by atoms with Gasteiger partial charge in [-0.2, -0.15) is 0 Å². The molecule has 1 aliphatic rings. The molecule has 0 aliphatic carbocycles. The van der Waals surface area contributed by atoms with Gasteiger partial charge in [0.1, 0.15) is 18.1 Å². The predicted molar refractivity (Wildman–Crippen MR) is 89.3 cm³/mol. The number of esters is 1. The summed E-state index contributed by atoms with van der Waals surface area (Å²) in [5, 5.41) is 3.32. The maximum absolute atomic E-state index is 12.2. The van der Waals surface area contributed by atoms with Crippen molar-refractivity contribution in [2.75, 3.05) is 13.2 Å². The molecule has 1 aliphatic heterocycles. The Labute approximate surface area is 138 Å². The topological polar surface area (TPSA) is 50.8 Å². The summed E-state index contributed by atoms with van der Waals surface area (Å²) in [7, 11) is 0. The summed E-state index contributed by atoms with van der Waals surface area (Å²) in [6.07, 6.45) is -0.291. The first-order chi connectivity index (χ1) is 11.0. The zero-order chi connectivity index (χ0) is 17.0. The Morgan fingerprint density at radius 2 is 1.96 bits per heavy atom. The van der Waals surface area contributed by atoms with Crippen molar-refractivity contribution in [2.45, 2.75) is 47.0 Å². The van der Waals surface area contributed by atoms with Crippen LogP contribution >= 0.6 is 0 Å². The van der Waals surface area contributed by atoms with Crippen LogP contribution in [0.25, 0.3) is 0 Å². The zero-order valence-electron chi connectivity index (χ0n) is 14.6. The summed E-state index contributed by atoms with van der Waals surface area (Å²) in [6.45, 7) is 10.7. The number of hydrogen-bond acceptors (Lipinski definition) is 5. The van der Waals surface area contributed by atoms with E-state index in [0.29, 0.717) is 18.9 Å². The highest BCUT2D eigenvalue weighted by atomic mass is 16.5. The minimum atomic E-state index is -0.324. The smallest absolute Gasteiger partial charge is 0.356 e. The Balaban J connectivity index is 2.39. The first kappa shape index (κ1) is 17.3. The molecule has 1 N–H and O–H groups in total. The van der Waals surface area contributed by atoms with E-state index < -0.39 is 0 Å². The molecule has 2 atom stereocenters. The van der Waals surface area contributed by atoms with Crippen molar-refractivity contribution in [3.05, 3.63) is 46.8 Å². The molecule has 23 heavy (non-hydrogen) atoms. The molecule has 0 fully saturated rings. The average molecular weight is 318 g/mol. The summed E-state index contributed by atoms with van der Waals surface area (Å²) >= 11 is 0. The van der Waals surface area contributed by atoms with Crippen molar-refractivity contribution in [3.8, 4) is 0 Å². The van der Waals surface area contributed by atoms with Crippen molar-refractivity contribution in [1.29, 1.82) is 0 Å². The van der Waals surface area contributed by atoms with E-state index in [2.05, 4.69) is 29.3 Å². The lowest BCUT2D eigenvalue weighted by Gasteiger charge is -2.34. The number of nitrogens with one attached hydrogen (secondary N) is 1. The number of aryl methyl sites for hydroxylation is 1. The third-order valence-electron chi connectivity index (χ3n) is 4.07. The van der Waals surface area contributed by atoms with Gasteiger partial charge in [0.25, 0.3) is 0 Å². The number of carbonyl (C=O) groups is 1. The molecule has 0 amide bonds. The van der Waals surface area contributed by atoms with Crippen LogP contribution in [0.4, 0.5) is 0 Å². The highest BCUT2D eigenvalue weighted by Crippen LogP contribution is 2.34. The summed E-state index contributed by atoms with van der Waals surface area (Å²) in [6, 6.07) is 8.15. The molecule has 0 saturated heterocycles. The third kappa shape index (κ3) is 3.50. The molecule has 1 aromatic rings. The summed E-state index contributed by atoms with van der Waals surface area (Å²) in [4.78, 5) is 14.3. The number of allylic oxidation sites excluding steroid dienone is 1. The minimum Gasteiger partial charge on any atom is -0.461 e. The fourth-order valence-corrected chi connectivity index (χ4v) is 2.97. The zero-order valence-corrected chi connectivity index (χ0v) is 14.6. The van der Waals surface area contributed by atoms with Gasteiger partial charge >= 0.3 is 5.97 Å². The standard InChI is InChI=1S/C18H26N2O3/c1-6-22-14(5)20-13(4)16(18(21)23-7-2)19-17(20)15-11-9-8-10-12(15)3/h8-11,14,17,19H,6-7H2,1-5H3. The first-order valence-electron chi connectivity index (χ1n) is 8.11. The van der Waals surface area contributed by atoms with Crippen LogP contribution in [-0.2, 0) is 14.3 Å². The monoisotopic (exact) mass is 318 g/mol. The molecule has 1 aromatic carbocycles. The van der Waals surface area contributed by atoms with Gasteiger partial charge in [-0.15, -0.1) is 0 Å². The lowest BCUT2D eigenvalue weighted by atomic mass is 10.1. The quantitative estimate of drug-likeness (QED) is 0.817. The van der Waals surface area contributed by atoms with E-state index >= 15 is 0 Å². The Hall–Kier alpha value is -2.01. The third-order valence-corrected chi connectivity index (χ3v) is 4.07. The largest absolute Gasteiger partial charge is 0.461 e. The number of hydrogen-bond donors (Lipinski definition) is 1. The number of carbonyl (C=O) groups excluding carboxylic acids is 1. The van der Waals surface area contributed by atoms with Gasteiger partial charge in [-0.05, 0) is 45.7 Å². The highest BCUT2D eigenvalue weighted by molar-refractivity contribution is 5.89. The van der Waals surface area contributed by atoms with Gasteiger partial charge in [-0.3, -0.25) is 0 Å². The van der Waals surface area contributed by atoms with Crippen LogP contribution in [0.5, 0.6) is 0 Å². The summed E-state index contributed by atoms with van der Waals surface area (Å²) in [5.41, 5.74) is 3.64. The number of rotatable bonds is 6. The molecule has 1 heterocycles. The van der Waals surface area contributed by atoms with E-state index in [0.717, 1.165) is 16.8 Å². The summed E-state index contributed by atoms with van der Waals surface area (Å²) in [5.74, 6) is -0.324. The molecule has 0 spiro atoms. The molecule has 2 unspecified atom stereocenters. The molecular formula is C18H26N2O3. The molecular weight excluding hydrogens is 292 g/mol. The number of nitrogens with zero attached hydrogens (tertiary/aromatic N) is 1.